The van der Waals surface area contributed by atoms with Crippen LogP contribution in [0.4, 0.5) is 0 Å². The average molecular weight is 252 g/mol. The lowest BCUT2D eigenvalue weighted by molar-refractivity contribution is -0.144. The lowest BCUT2D eigenvalue weighted by Crippen LogP contribution is -2.06. The first-order chi connectivity index (χ1) is 8.65. The molecule has 0 aliphatic carbocycles. The van der Waals surface area contributed by atoms with Crippen LogP contribution in [0.25, 0.3) is 6.08 Å². The van der Waals surface area contributed by atoms with Gasteiger partial charge >= 0.3 is 5.97 Å². The van der Waals surface area contributed by atoms with Gasteiger partial charge in [0.05, 0.1) is 13.0 Å². The van der Waals surface area contributed by atoms with Gasteiger partial charge in [-0.05, 0) is 31.2 Å². The van der Waals surface area contributed by atoms with Crippen LogP contribution in [0.5, 0.6) is 0 Å². The highest BCUT2D eigenvalue weighted by Gasteiger charge is 2.05. The normalized spacial score (nSPS) is 10.8. The van der Waals surface area contributed by atoms with Crippen molar-refractivity contribution in [2.24, 2.45) is 0 Å². The summed E-state index contributed by atoms with van der Waals surface area (Å²) in [5.74, 6) is 0.377. The van der Waals surface area contributed by atoms with Crippen LogP contribution < -0.4 is 0 Å². The van der Waals surface area contributed by atoms with E-state index in [1.165, 1.54) is 12.2 Å². The van der Waals surface area contributed by atoms with Crippen molar-refractivity contribution < 1.29 is 23.8 Å². The molecule has 0 radical (unpaired) electrons. The highest BCUT2D eigenvalue weighted by Crippen LogP contribution is 2.09. The Bertz CT molecular complexity index is 430. The van der Waals surface area contributed by atoms with E-state index in [-0.39, 0.29) is 31.2 Å². The maximum Gasteiger partial charge on any atom is 0.306 e. The van der Waals surface area contributed by atoms with Crippen molar-refractivity contribution in [3.05, 3.63) is 29.7 Å². The largest absolute Gasteiger partial charge is 0.466 e. The Morgan fingerprint density at radius 3 is 2.78 bits per heavy atom. The third kappa shape index (κ3) is 4.97. The summed E-state index contributed by atoms with van der Waals surface area (Å²) in [7, 11) is 0. The number of hydrogen-bond donors (Lipinski definition) is 1. The van der Waals surface area contributed by atoms with Gasteiger partial charge in [0.2, 0.25) is 0 Å². The van der Waals surface area contributed by atoms with E-state index >= 15 is 0 Å². The third-order valence-corrected chi connectivity index (χ3v) is 2.15. The fourth-order valence-electron chi connectivity index (χ4n) is 1.29. The summed E-state index contributed by atoms with van der Waals surface area (Å²) in [4.78, 5) is 22.4. The van der Waals surface area contributed by atoms with Crippen molar-refractivity contribution in [2.75, 3.05) is 6.61 Å². The Balaban J connectivity index is 2.37. The minimum atomic E-state index is -0.375. The molecule has 0 aliphatic rings. The molecule has 0 amide bonds. The fraction of sp³-hybridized carbons (Fsp3) is 0.385. The maximum atomic E-state index is 11.4. The highest BCUT2D eigenvalue weighted by molar-refractivity contribution is 5.94. The molecule has 0 aromatic carbocycles. The predicted molar refractivity (Wildman–Crippen MR) is 64.5 cm³/mol. The Morgan fingerprint density at radius 2 is 2.17 bits per heavy atom. The second-order valence-electron chi connectivity index (χ2n) is 3.57. The molecule has 0 aliphatic heterocycles. The average Bonchev–Trinajstić information content (AvgIpc) is 2.82. The number of esters is 1. The first-order valence-electron chi connectivity index (χ1n) is 5.71. The van der Waals surface area contributed by atoms with Gasteiger partial charge in [-0.25, -0.2) is 0 Å². The summed E-state index contributed by atoms with van der Waals surface area (Å²) in [6.07, 6.45) is 3.05. The van der Waals surface area contributed by atoms with Crippen LogP contribution in [0.15, 0.2) is 22.6 Å². The molecular formula is C13H16O5. The van der Waals surface area contributed by atoms with E-state index in [0.29, 0.717) is 18.1 Å². The summed E-state index contributed by atoms with van der Waals surface area (Å²) in [6, 6.07) is 3.28. The van der Waals surface area contributed by atoms with E-state index in [0.717, 1.165) is 0 Å². The second-order valence-corrected chi connectivity index (χ2v) is 3.57. The number of ketones is 1. The van der Waals surface area contributed by atoms with Crippen LogP contribution in [-0.2, 0) is 20.9 Å². The molecule has 0 saturated heterocycles. The van der Waals surface area contributed by atoms with E-state index in [4.69, 9.17) is 14.3 Å². The molecule has 1 aromatic rings. The van der Waals surface area contributed by atoms with Crippen molar-refractivity contribution >= 4 is 17.8 Å². The minimum Gasteiger partial charge on any atom is -0.466 e. The Kier molecular flexibility index (Phi) is 5.87. The standard InChI is InChI=1S/C13H16O5/c1-2-17-13(16)8-4-10(15)3-5-11-6-7-12(9-14)18-11/h3,5-7,14H,2,4,8-9H2,1H3. The number of ether oxygens (including phenoxy) is 1. The summed E-state index contributed by atoms with van der Waals surface area (Å²) < 4.78 is 9.88. The predicted octanol–water partition coefficient (Wildman–Crippen LogP) is 1.70. The van der Waals surface area contributed by atoms with Gasteiger partial charge in [-0.2, -0.15) is 0 Å². The number of carbonyl (C=O) groups is 2. The van der Waals surface area contributed by atoms with Crippen molar-refractivity contribution in [3.63, 3.8) is 0 Å². The topological polar surface area (TPSA) is 76.7 Å². The van der Waals surface area contributed by atoms with Crippen molar-refractivity contribution in [1.29, 1.82) is 0 Å². The number of aliphatic hydroxyl groups excluding tert-OH is 1. The first-order valence-corrected chi connectivity index (χ1v) is 5.71. The lowest BCUT2D eigenvalue weighted by Gasteiger charge is -1.98. The molecule has 0 fully saturated rings. The molecule has 18 heavy (non-hydrogen) atoms. The van der Waals surface area contributed by atoms with E-state index < -0.39 is 0 Å². The number of allylic oxidation sites excluding steroid dienone is 1. The maximum absolute atomic E-state index is 11.4. The molecule has 0 bridgehead atoms. The van der Waals surface area contributed by atoms with Crippen LogP contribution in [0, 0.1) is 0 Å². The fourth-order valence-corrected chi connectivity index (χ4v) is 1.29. The number of aliphatic hydroxyl groups is 1. The van der Waals surface area contributed by atoms with Crippen LogP contribution >= 0.6 is 0 Å². The zero-order valence-corrected chi connectivity index (χ0v) is 10.2. The van der Waals surface area contributed by atoms with Crippen LogP contribution in [0.2, 0.25) is 0 Å². The van der Waals surface area contributed by atoms with Crippen molar-refractivity contribution in [1.82, 2.24) is 0 Å². The molecule has 5 heteroatoms. The lowest BCUT2D eigenvalue weighted by atomic mass is 10.2. The van der Waals surface area contributed by atoms with Crippen LogP contribution in [0.3, 0.4) is 0 Å². The summed E-state index contributed by atoms with van der Waals surface area (Å²) in [6.45, 7) is 1.86. The van der Waals surface area contributed by atoms with Gasteiger partial charge in [-0.3, -0.25) is 9.59 Å². The molecule has 1 rings (SSSR count). The van der Waals surface area contributed by atoms with Gasteiger partial charge in [-0.15, -0.1) is 0 Å². The summed E-state index contributed by atoms with van der Waals surface area (Å²) in [5, 5.41) is 8.79. The monoisotopic (exact) mass is 252 g/mol. The van der Waals surface area contributed by atoms with E-state index in [9.17, 15) is 9.59 Å². The highest BCUT2D eigenvalue weighted by atomic mass is 16.5. The van der Waals surface area contributed by atoms with Gasteiger partial charge in [0.15, 0.2) is 5.78 Å². The van der Waals surface area contributed by atoms with Gasteiger partial charge < -0.3 is 14.3 Å². The van der Waals surface area contributed by atoms with Gasteiger partial charge in [-0.1, -0.05) is 0 Å². The quantitative estimate of drug-likeness (QED) is 0.590. The number of rotatable bonds is 7. The van der Waals surface area contributed by atoms with E-state index in [1.807, 2.05) is 0 Å². The SMILES string of the molecule is CCOC(=O)CCC(=O)C=Cc1ccc(CO)o1. The zero-order valence-electron chi connectivity index (χ0n) is 10.2. The summed E-state index contributed by atoms with van der Waals surface area (Å²) in [5.41, 5.74) is 0. The molecular weight excluding hydrogens is 236 g/mol. The second kappa shape index (κ2) is 7.45. The Hall–Kier alpha value is -1.88. The third-order valence-electron chi connectivity index (χ3n) is 2.15. The molecule has 1 aromatic heterocycles. The number of furan rings is 1. The van der Waals surface area contributed by atoms with Crippen molar-refractivity contribution in [3.8, 4) is 0 Å². The van der Waals surface area contributed by atoms with Crippen LogP contribution in [-0.4, -0.2) is 23.5 Å². The molecule has 1 heterocycles. The minimum absolute atomic E-state index is 0.0804. The molecule has 0 spiro atoms. The van der Waals surface area contributed by atoms with Crippen LogP contribution in [0.1, 0.15) is 31.3 Å². The molecule has 0 atom stereocenters. The molecule has 1 N–H and O–H groups in total. The Morgan fingerprint density at radius 1 is 1.39 bits per heavy atom. The van der Waals surface area contributed by atoms with Gasteiger partial charge in [0.25, 0.3) is 0 Å². The molecule has 98 valence electrons. The van der Waals surface area contributed by atoms with Crippen molar-refractivity contribution in [2.45, 2.75) is 26.4 Å². The number of carbonyl (C=O) groups excluding carboxylic acids is 2. The van der Waals surface area contributed by atoms with Gasteiger partial charge in [0.1, 0.15) is 18.1 Å². The van der Waals surface area contributed by atoms with Gasteiger partial charge in [0, 0.05) is 6.42 Å². The first kappa shape index (κ1) is 14.2. The van der Waals surface area contributed by atoms with E-state index in [2.05, 4.69) is 0 Å². The Labute approximate surface area is 105 Å². The zero-order chi connectivity index (χ0) is 13.4. The number of hydrogen-bond acceptors (Lipinski definition) is 5. The molecule has 0 unspecified atom stereocenters. The molecule has 5 nitrogen and oxygen atoms in total. The molecule has 0 saturated carbocycles. The van der Waals surface area contributed by atoms with E-state index in [1.54, 1.807) is 19.1 Å². The summed E-state index contributed by atoms with van der Waals surface area (Å²) >= 11 is 0. The smallest absolute Gasteiger partial charge is 0.306 e.